The van der Waals surface area contributed by atoms with E-state index < -0.39 is 17.7 Å². The molecule has 3 aliphatic rings. The van der Waals surface area contributed by atoms with Crippen molar-refractivity contribution >= 4 is 34.6 Å². The van der Waals surface area contributed by atoms with E-state index in [0.29, 0.717) is 46.2 Å². The maximum Gasteiger partial charge on any atom is 0.510 e. The molecule has 1 amide bonds. The number of aryl methyl sites for hydroxylation is 1. The van der Waals surface area contributed by atoms with Crippen molar-refractivity contribution in [3.63, 3.8) is 0 Å². The van der Waals surface area contributed by atoms with Gasteiger partial charge in [-0.3, -0.25) is 9.59 Å². The van der Waals surface area contributed by atoms with Gasteiger partial charge in [0.25, 0.3) is 5.56 Å². The van der Waals surface area contributed by atoms with Crippen molar-refractivity contribution in [2.75, 3.05) is 12.1 Å². The molecule has 5 heterocycles. The summed E-state index contributed by atoms with van der Waals surface area (Å²) in [6.07, 6.45) is 5.67. The van der Waals surface area contributed by atoms with Gasteiger partial charge in [0.1, 0.15) is 13.2 Å². The molecule has 53 heavy (non-hydrogen) atoms. The molecule has 0 unspecified atom stereocenters. The van der Waals surface area contributed by atoms with Gasteiger partial charge in [0, 0.05) is 34.2 Å². The topological polar surface area (TPSA) is 144 Å². The van der Waals surface area contributed by atoms with Crippen LogP contribution in [0.25, 0.3) is 22.3 Å². The van der Waals surface area contributed by atoms with Gasteiger partial charge in [0.05, 0.1) is 29.0 Å². The third-order valence-electron chi connectivity index (χ3n) is 10.6. The molecule has 2 aromatic carbocycles. The number of hydrogen-bond donors (Lipinski definition) is 1. The molecule has 2 atom stereocenters. The summed E-state index contributed by atoms with van der Waals surface area (Å²) in [5, 5.41) is 3.89. The highest BCUT2D eigenvalue weighted by atomic mass is 16.7. The minimum Gasteiger partial charge on any atom is -0.457 e. The number of hydrogen-bond acceptors (Lipinski definition) is 10. The highest BCUT2D eigenvalue weighted by Crippen LogP contribution is 2.44. The maximum absolute atomic E-state index is 14.2. The summed E-state index contributed by atoms with van der Waals surface area (Å²) < 4.78 is 29.8. The molecule has 3 aliphatic heterocycles. The van der Waals surface area contributed by atoms with E-state index in [9.17, 15) is 19.2 Å². The zero-order valence-electron chi connectivity index (χ0n) is 30.7. The number of ether oxygens (including phenoxy) is 5. The number of amides is 1. The zero-order valence-corrected chi connectivity index (χ0v) is 30.7. The average Bonchev–Trinajstić information content (AvgIpc) is 3.78. The first-order valence-electron chi connectivity index (χ1n) is 18.6. The van der Waals surface area contributed by atoms with Gasteiger partial charge < -0.3 is 33.6 Å². The van der Waals surface area contributed by atoms with Crippen molar-refractivity contribution in [2.24, 2.45) is 5.92 Å². The van der Waals surface area contributed by atoms with Crippen LogP contribution in [-0.2, 0) is 55.6 Å². The molecular formula is C41H45N3O9. The van der Waals surface area contributed by atoms with Crippen molar-refractivity contribution in [1.29, 1.82) is 0 Å². The molecule has 0 aliphatic carbocycles. The Balaban J connectivity index is 1.13. The number of aromatic nitrogens is 2. The molecule has 7 rings (SSSR count). The Kier molecular flexibility index (Phi) is 10.1. The fourth-order valence-electron chi connectivity index (χ4n) is 7.44. The first-order valence-corrected chi connectivity index (χ1v) is 18.6. The molecule has 0 saturated carbocycles. The van der Waals surface area contributed by atoms with Crippen LogP contribution < -0.4 is 20.3 Å². The molecule has 0 radical (unpaired) electrons. The van der Waals surface area contributed by atoms with Crippen molar-refractivity contribution < 1.29 is 38.1 Å². The van der Waals surface area contributed by atoms with E-state index in [1.54, 1.807) is 41.8 Å². The number of unbranched alkanes of at least 4 members (excludes halogenated alkanes) is 3. The summed E-state index contributed by atoms with van der Waals surface area (Å²) in [4.78, 5) is 58.6. The number of nitrogens with zero attached hydrogens (tertiary/aromatic N) is 2. The fourth-order valence-corrected chi connectivity index (χ4v) is 7.44. The quantitative estimate of drug-likeness (QED) is 0.0949. The average molecular weight is 724 g/mol. The number of cyclic esters (lactones) is 1. The molecule has 0 saturated heterocycles. The maximum atomic E-state index is 14.2. The van der Waals surface area contributed by atoms with Gasteiger partial charge in [0.2, 0.25) is 18.3 Å². The second-order valence-electron chi connectivity index (χ2n) is 14.0. The number of pyridine rings is 2. The van der Waals surface area contributed by atoms with Gasteiger partial charge in [-0.25, -0.2) is 14.6 Å². The van der Waals surface area contributed by atoms with Gasteiger partial charge in [-0.05, 0) is 61.1 Å². The lowest BCUT2D eigenvalue weighted by Gasteiger charge is -2.35. The van der Waals surface area contributed by atoms with Gasteiger partial charge >= 0.3 is 12.1 Å². The van der Waals surface area contributed by atoms with E-state index in [1.165, 1.54) is 0 Å². The molecule has 4 aromatic rings. The largest absolute Gasteiger partial charge is 0.510 e. The van der Waals surface area contributed by atoms with E-state index in [4.69, 9.17) is 28.7 Å². The van der Waals surface area contributed by atoms with Crippen molar-refractivity contribution in [3.8, 4) is 22.9 Å². The highest BCUT2D eigenvalue weighted by Gasteiger charge is 2.51. The molecule has 278 valence electrons. The Morgan fingerprint density at radius 1 is 0.962 bits per heavy atom. The number of benzene rings is 2. The van der Waals surface area contributed by atoms with Gasteiger partial charge in [0.15, 0.2) is 11.5 Å². The van der Waals surface area contributed by atoms with E-state index in [2.05, 4.69) is 19.2 Å². The van der Waals surface area contributed by atoms with E-state index >= 15 is 0 Å². The molecule has 0 bridgehead atoms. The zero-order chi connectivity index (χ0) is 37.3. The Morgan fingerprint density at radius 3 is 2.45 bits per heavy atom. The molecular weight excluding hydrogens is 678 g/mol. The minimum absolute atomic E-state index is 0.00528. The third-order valence-corrected chi connectivity index (χ3v) is 10.6. The van der Waals surface area contributed by atoms with Crippen LogP contribution in [0.4, 0.5) is 10.5 Å². The summed E-state index contributed by atoms with van der Waals surface area (Å²) in [5.41, 5.74) is 3.48. The lowest BCUT2D eigenvalue weighted by atomic mass is 9.85. The number of nitrogens with one attached hydrogen (secondary N) is 1. The SMILES string of the molecule is CCCCC[C@H](C)C(=O)Nc1ccc(COC(=O)O[C@]2(CC)C(=O)OCc3c2cc2n(c3=O)Cc3c-2nc2cc4c(cc2c3CCCC)OCO4)cc1. The van der Waals surface area contributed by atoms with Crippen LogP contribution >= 0.6 is 0 Å². The summed E-state index contributed by atoms with van der Waals surface area (Å²) in [6.45, 7) is 7.94. The smallest absolute Gasteiger partial charge is 0.457 e. The number of fused-ring (bicyclic) bond motifs is 6. The predicted molar refractivity (Wildman–Crippen MR) is 197 cm³/mol. The van der Waals surface area contributed by atoms with Gasteiger partial charge in [-0.2, -0.15) is 0 Å². The van der Waals surface area contributed by atoms with Crippen LogP contribution in [0.1, 0.15) is 100 Å². The third kappa shape index (κ3) is 6.71. The van der Waals surface area contributed by atoms with Gasteiger partial charge in [-0.1, -0.05) is 65.5 Å². The van der Waals surface area contributed by atoms with E-state index in [-0.39, 0.29) is 54.9 Å². The number of esters is 1. The van der Waals surface area contributed by atoms with E-state index in [1.807, 2.05) is 19.1 Å². The van der Waals surface area contributed by atoms with Crippen LogP contribution in [0.2, 0.25) is 0 Å². The Bertz CT molecular complexity index is 2140. The molecule has 2 aromatic heterocycles. The Hall–Kier alpha value is -5.39. The summed E-state index contributed by atoms with van der Waals surface area (Å²) in [6, 6.07) is 12.5. The summed E-state index contributed by atoms with van der Waals surface area (Å²) in [5.74, 6) is 0.355. The lowest BCUT2D eigenvalue weighted by molar-refractivity contribution is -0.175. The molecule has 0 spiro atoms. The Labute approximate surface area is 307 Å². The van der Waals surface area contributed by atoms with Gasteiger partial charge in [-0.15, -0.1) is 0 Å². The summed E-state index contributed by atoms with van der Waals surface area (Å²) >= 11 is 0. The predicted octanol–water partition coefficient (Wildman–Crippen LogP) is 7.67. The van der Waals surface area contributed by atoms with Crippen molar-refractivity contribution in [2.45, 2.75) is 104 Å². The monoisotopic (exact) mass is 723 g/mol. The standard InChI is InChI=1S/C41H45N3O9/c1-5-8-10-11-24(4)37(45)42-26-15-13-25(14-16-26)21-50-40(48)53-41(7-3)31-18-33-36-29(20-44(33)38(46)30(31)22-49-39(41)47)27(12-9-6-2)28-17-34-35(52-23-51-34)19-32(28)43-36/h13-19,24H,5-12,20-23H2,1-4H3,(H,42,45)/t24-,41-/m0/s1. The van der Waals surface area contributed by atoms with Crippen molar-refractivity contribution in [3.05, 3.63) is 80.6 Å². The first-order chi connectivity index (χ1) is 25.7. The number of rotatable bonds is 13. The Morgan fingerprint density at radius 2 is 1.72 bits per heavy atom. The molecule has 12 nitrogen and oxygen atoms in total. The van der Waals surface area contributed by atoms with E-state index in [0.717, 1.165) is 61.5 Å². The molecule has 12 heteroatoms. The van der Waals surface area contributed by atoms with Crippen LogP contribution in [0.15, 0.2) is 47.3 Å². The molecule has 1 N–H and O–H groups in total. The lowest BCUT2D eigenvalue weighted by Crippen LogP contribution is -2.47. The number of carbonyl (C=O) groups excluding carboxylic acids is 3. The fraction of sp³-hybridized carbons (Fsp3) is 0.439. The second-order valence-corrected chi connectivity index (χ2v) is 14.0. The second kappa shape index (κ2) is 14.9. The minimum atomic E-state index is -1.90. The number of carbonyl (C=O) groups is 3. The summed E-state index contributed by atoms with van der Waals surface area (Å²) in [7, 11) is 0. The highest BCUT2D eigenvalue weighted by molar-refractivity contribution is 5.93. The molecule has 0 fully saturated rings. The van der Waals surface area contributed by atoms with Crippen molar-refractivity contribution in [1.82, 2.24) is 9.55 Å². The number of anilines is 1. The van der Waals surface area contributed by atoms with Crippen LogP contribution in [0.5, 0.6) is 11.5 Å². The van der Waals surface area contributed by atoms with Crippen LogP contribution in [0.3, 0.4) is 0 Å². The first kappa shape index (κ1) is 36.0. The van der Waals surface area contributed by atoms with Crippen LogP contribution in [-0.4, -0.2) is 34.4 Å². The normalized spacial score (nSPS) is 17.1. The van der Waals surface area contributed by atoms with Crippen LogP contribution in [0, 0.1) is 5.92 Å².